The lowest BCUT2D eigenvalue weighted by Crippen LogP contribution is -2.30. The van der Waals surface area contributed by atoms with Crippen molar-refractivity contribution in [2.24, 2.45) is 0 Å². The normalized spacial score (nSPS) is 13.5. The van der Waals surface area contributed by atoms with E-state index in [1.54, 1.807) is 6.20 Å². The number of hydrogen-bond acceptors (Lipinski definition) is 3. The maximum Gasteiger partial charge on any atom is 0.240 e. The second-order valence-electron chi connectivity index (χ2n) is 6.14. The van der Waals surface area contributed by atoms with Crippen molar-refractivity contribution < 1.29 is 9.53 Å². The number of imidazole rings is 1. The molecule has 0 saturated carbocycles. The average molecular weight is 329 g/mol. The molecule has 0 aliphatic heterocycles. The monoisotopic (exact) mass is 329 g/mol. The molecule has 0 unspecified atom stereocenters. The van der Waals surface area contributed by atoms with E-state index in [9.17, 15) is 4.79 Å². The summed E-state index contributed by atoms with van der Waals surface area (Å²) in [5, 5.41) is 3.05. The molecule has 1 N–H and O–H groups in total. The Hall–Kier alpha value is -2.14. The van der Waals surface area contributed by atoms with Crippen molar-refractivity contribution in [3.8, 4) is 0 Å². The molecule has 0 aliphatic carbocycles. The van der Waals surface area contributed by atoms with Crippen LogP contribution >= 0.6 is 0 Å². The molecule has 1 aromatic carbocycles. The molecule has 2 rings (SSSR count). The van der Waals surface area contributed by atoms with Crippen molar-refractivity contribution in [3.63, 3.8) is 0 Å². The molecule has 2 aromatic rings. The topological polar surface area (TPSA) is 56.2 Å². The standard InChI is InChI=1S/C19H27N3O2/c1-6-24-16(5)19-20-9-10-22(19)12-18(23)21-15(4)17-8-7-13(2)14(3)11-17/h7-11,15-16H,6,12H2,1-5H3,(H,21,23)/t15-,16-/m0/s1. The number of nitrogens with one attached hydrogen (secondary N) is 1. The smallest absolute Gasteiger partial charge is 0.240 e. The molecular weight excluding hydrogens is 302 g/mol. The Labute approximate surface area is 144 Å². The third kappa shape index (κ3) is 4.45. The van der Waals surface area contributed by atoms with Gasteiger partial charge in [-0.3, -0.25) is 4.79 Å². The second-order valence-corrected chi connectivity index (χ2v) is 6.14. The van der Waals surface area contributed by atoms with Gasteiger partial charge in [0.1, 0.15) is 18.5 Å². The van der Waals surface area contributed by atoms with Crippen molar-refractivity contribution in [2.45, 2.75) is 53.3 Å². The summed E-state index contributed by atoms with van der Waals surface area (Å²) in [6.45, 7) is 10.9. The Kier molecular flexibility index (Phi) is 6.15. The molecule has 1 amide bonds. The maximum absolute atomic E-state index is 12.4. The molecule has 0 spiro atoms. The highest BCUT2D eigenvalue weighted by Gasteiger charge is 2.16. The highest BCUT2D eigenvalue weighted by Crippen LogP contribution is 2.17. The van der Waals surface area contributed by atoms with E-state index in [4.69, 9.17) is 4.74 Å². The highest BCUT2D eigenvalue weighted by atomic mass is 16.5. The van der Waals surface area contributed by atoms with Crippen molar-refractivity contribution in [1.82, 2.24) is 14.9 Å². The minimum absolute atomic E-state index is 0.0342. The molecule has 0 radical (unpaired) electrons. The minimum Gasteiger partial charge on any atom is -0.371 e. The van der Waals surface area contributed by atoms with E-state index < -0.39 is 0 Å². The summed E-state index contributed by atoms with van der Waals surface area (Å²) < 4.78 is 7.40. The highest BCUT2D eigenvalue weighted by molar-refractivity contribution is 5.76. The molecule has 1 heterocycles. The Bertz CT molecular complexity index is 694. The summed E-state index contributed by atoms with van der Waals surface area (Å²) in [5.41, 5.74) is 3.60. The van der Waals surface area contributed by atoms with Gasteiger partial charge in [0.25, 0.3) is 0 Å². The van der Waals surface area contributed by atoms with E-state index in [0.29, 0.717) is 6.61 Å². The SMILES string of the molecule is CCO[C@@H](C)c1nccn1CC(=O)N[C@@H](C)c1ccc(C)c(C)c1. The van der Waals surface area contributed by atoms with Crippen LogP contribution in [0.15, 0.2) is 30.6 Å². The van der Waals surface area contributed by atoms with E-state index in [2.05, 4.69) is 42.3 Å². The fourth-order valence-electron chi connectivity index (χ4n) is 2.70. The Morgan fingerprint density at radius 2 is 2.04 bits per heavy atom. The van der Waals surface area contributed by atoms with Crippen LogP contribution in [0, 0.1) is 13.8 Å². The van der Waals surface area contributed by atoms with E-state index in [1.807, 2.05) is 31.5 Å². The van der Waals surface area contributed by atoms with Gasteiger partial charge in [-0.15, -0.1) is 0 Å². The van der Waals surface area contributed by atoms with E-state index >= 15 is 0 Å². The third-order valence-corrected chi connectivity index (χ3v) is 4.25. The van der Waals surface area contributed by atoms with Crippen molar-refractivity contribution >= 4 is 5.91 Å². The van der Waals surface area contributed by atoms with Crippen LogP contribution in [0.25, 0.3) is 0 Å². The lowest BCUT2D eigenvalue weighted by atomic mass is 10.0. The van der Waals surface area contributed by atoms with Gasteiger partial charge in [-0.1, -0.05) is 18.2 Å². The van der Waals surface area contributed by atoms with Crippen LogP contribution in [0.5, 0.6) is 0 Å². The van der Waals surface area contributed by atoms with Gasteiger partial charge in [0, 0.05) is 19.0 Å². The average Bonchev–Trinajstić information content (AvgIpc) is 2.98. The second kappa shape index (κ2) is 8.11. The van der Waals surface area contributed by atoms with Gasteiger partial charge in [-0.2, -0.15) is 0 Å². The number of ether oxygens (including phenoxy) is 1. The van der Waals surface area contributed by atoms with E-state index in [0.717, 1.165) is 11.4 Å². The summed E-state index contributed by atoms with van der Waals surface area (Å²) in [6.07, 6.45) is 3.38. The molecular formula is C19H27N3O2. The third-order valence-electron chi connectivity index (χ3n) is 4.25. The van der Waals surface area contributed by atoms with Gasteiger partial charge in [0.05, 0.1) is 6.04 Å². The first-order valence-electron chi connectivity index (χ1n) is 8.41. The molecule has 1 aromatic heterocycles. The van der Waals surface area contributed by atoms with Crippen molar-refractivity contribution in [2.75, 3.05) is 6.61 Å². The van der Waals surface area contributed by atoms with Crippen LogP contribution in [-0.2, 0) is 16.1 Å². The number of amides is 1. The van der Waals surface area contributed by atoms with E-state index in [1.165, 1.54) is 11.1 Å². The molecule has 5 nitrogen and oxygen atoms in total. The number of aromatic nitrogens is 2. The largest absolute Gasteiger partial charge is 0.371 e. The molecule has 130 valence electrons. The number of carbonyl (C=O) groups excluding carboxylic acids is 1. The molecule has 0 fully saturated rings. The van der Waals surface area contributed by atoms with Crippen LogP contribution in [0.4, 0.5) is 0 Å². The zero-order valence-electron chi connectivity index (χ0n) is 15.2. The van der Waals surface area contributed by atoms with Gasteiger partial charge < -0.3 is 14.6 Å². The van der Waals surface area contributed by atoms with Gasteiger partial charge in [-0.05, 0) is 51.3 Å². The Morgan fingerprint density at radius 1 is 1.29 bits per heavy atom. The quantitative estimate of drug-likeness (QED) is 0.846. The summed E-state index contributed by atoms with van der Waals surface area (Å²) in [7, 11) is 0. The minimum atomic E-state index is -0.130. The van der Waals surface area contributed by atoms with Gasteiger partial charge in [0.2, 0.25) is 5.91 Å². The van der Waals surface area contributed by atoms with Crippen LogP contribution in [-0.4, -0.2) is 22.1 Å². The lowest BCUT2D eigenvalue weighted by molar-refractivity contribution is -0.122. The molecule has 0 bridgehead atoms. The zero-order valence-corrected chi connectivity index (χ0v) is 15.2. The first-order valence-corrected chi connectivity index (χ1v) is 8.41. The summed E-state index contributed by atoms with van der Waals surface area (Å²) >= 11 is 0. The summed E-state index contributed by atoms with van der Waals surface area (Å²) in [5.74, 6) is 0.731. The number of hydrogen-bond donors (Lipinski definition) is 1. The number of carbonyl (C=O) groups is 1. The first-order chi connectivity index (χ1) is 11.4. The number of rotatable bonds is 7. The fraction of sp³-hybridized carbons (Fsp3) is 0.474. The van der Waals surface area contributed by atoms with Gasteiger partial charge in [-0.25, -0.2) is 4.98 Å². The predicted octanol–water partition coefficient (Wildman–Crippen LogP) is 3.47. The predicted molar refractivity (Wildman–Crippen MR) is 94.7 cm³/mol. The zero-order chi connectivity index (χ0) is 17.7. The Morgan fingerprint density at radius 3 is 2.71 bits per heavy atom. The van der Waals surface area contributed by atoms with Gasteiger partial charge >= 0.3 is 0 Å². The Balaban J connectivity index is 2.00. The maximum atomic E-state index is 12.4. The van der Waals surface area contributed by atoms with E-state index in [-0.39, 0.29) is 24.6 Å². The van der Waals surface area contributed by atoms with Crippen molar-refractivity contribution in [1.29, 1.82) is 0 Å². The van der Waals surface area contributed by atoms with Gasteiger partial charge in [0.15, 0.2) is 0 Å². The van der Waals surface area contributed by atoms with Crippen LogP contribution in [0.3, 0.4) is 0 Å². The molecule has 2 atom stereocenters. The summed E-state index contributed by atoms with van der Waals surface area (Å²) in [4.78, 5) is 16.7. The van der Waals surface area contributed by atoms with Crippen molar-refractivity contribution in [3.05, 3.63) is 53.1 Å². The number of nitrogens with zero attached hydrogens (tertiary/aromatic N) is 2. The first kappa shape index (κ1) is 18.2. The molecule has 5 heteroatoms. The van der Waals surface area contributed by atoms with Crippen LogP contribution in [0.1, 0.15) is 55.4 Å². The van der Waals surface area contributed by atoms with Crippen LogP contribution in [0.2, 0.25) is 0 Å². The number of aryl methyl sites for hydroxylation is 2. The molecule has 0 aliphatic rings. The lowest BCUT2D eigenvalue weighted by Gasteiger charge is -2.17. The number of benzene rings is 1. The molecule has 24 heavy (non-hydrogen) atoms. The molecule has 0 saturated heterocycles. The fourth-order valence-corrected chi connectivity index (χ4v) is 2.70. The summed E-state index contributed by atoms with van der Waals surface area (Å²) in [6, 6.07) is 6.24. The van der Waals surface area contributed by atoms with Crippen LogP contribution < -0.4 is 5.32 Å².